The molecule has 0 atom stereocenters. The highest BCUT2D eigenvalue weighted by Crippen LogP contribution is 2.31. The first-order valence-corrected chi connectivity index (χ1v) is 8.23. The Morgan fingerprint density at radius 2 is 1.92 bits per heavy atom. The van der Waals surface area contributed by atoms with Crippen molar-refractivity contribution in [3.63, 3.8) is 0 Å². The summed E-state index contributed by atoms with van der Waals surface area (Å²) in [5.41, 5.74) is 5.94. The summed E-state index contributed by atoms with van der Waals surface area (Å²) in [6.45, 7) is 8.34. The van der Waals surface area contributed by atoms with E-state index in [-0.39, 0.29) is 12.4 Å². The van der Waals surface area contributed by atoms with Gasteiger partial charge in [-0.3, -0.25) is 0 Å². The Labute approximate surface area is 155 Å². The molecule has 0 aliphatic carbocycles. The molecular formula is C20H25ClN2O2. The number of benzene rings is 1. The fourth-order valence-corrected chi connectivity index (χ4v) is 3.08. The lowest BCUT2D eigenvalue weighted by atomic mass is 10.1. The zero-order valence-corrected chi connectivity index (χ0v) is 16.0. The molecule has 0 amide bonds. The van der Waals surface area contributed by atoms with E-state index in [1.165, 1.54) is 22.2 Å². The van der Waals surface area contributed by atoms with E-state index in [1.54, 1.807) is 7.11 Å². The van der Waals surface area contributed by atoms with Crippen LogP contribution in [0.2, 0.25) is 0 Å². The van der Waals surface area contributed by atoms with E-state index in [0.717, 1.165) is 17.6 Å². The second-order valence-corrected chi connectivity index (χ2v) is 6.14. The summed E-state index contributed by atoms with van der Waals surface area (Å²) in [5.74, 6) is 0.682. The Hall–Kier alpha value is -2.04. The lowest BCUT2D eigenvalue weighted by molar-refractivity contribution is 0.187. The molecule has 3 rings (SSSR count). The first-order valence-electron chi connectivity index (χ1n) is 8.23. The van der Waals surface area contributed by atoms with Gasteiger partial charge in [-0.2, -0.15) is 0 Å². The number of nitrogens with zero attached hydrogens (tertiary/aromatic N) is 2. The van der Waals surface area contributed by atoms with Gasteiger partial charge in [-0.15, -0.1) is 12.4 Å². The quantitative estimate of drug-likeness (QED) is 0.644. The maximum Gasteiger partial charge on any atom is 0.238 e. The minimum atomic E-state index is 0. The van der Waals surface area contributed by atoms with Crippen LogP contribution in [0.15, 0.2) is 36.5 Å². The number of fused-ring (bicyclic) bond motifs is 1. The van der Waals surface area contributed by atoms with Gasteiger partial charge >= 0.3 is 0 Å². The van der Waals surface area contributed by atoms with Crippen LogP contribution in [0.4, 0.5) is 0 Å². The van der Waals surface area contributed by atoms with Crippen molar-refractivity contribution >= 4 is 23.3 Å². The van der Waals surface area contributed by atoms with Crippen LogP contribution in [0.3, 0.4) is 0 Å². The van der Waals surface area contributed by atoms with Crippen LogP contribution in [0.5, 0.6) is 5.88 Å². The zero-order chi connectivity index (χ0) is 17.1. The second kappa shape index (κ2) is 8.37. The molecule has 0 radical (unpaired) electrons. The highest BCUT2D eigenvalue weighted by atomic mass is 35.5. The number of aryl methyl sites for hydroxylation is 2. The summed E-state index contributed by atoms with van der Waals surface area (Å²) in [4.78, 5) is 4.48. The topological polar surface area (TPSA) is 36.3 Å². The van der Waals surface area contributed by atoms with Crippen molar-refractivity contribution in [2.45, 2.75) is 33.9 Å². The number of aromatic nitrogens is 2. The van der Waals surface area contributed by atoms with Gasteiger partial charge in [0.15, 0.2) is 0 Å². The van der Waals surface area contributed by atoms with E-state index < -0.39 is 0 Å². The van der Waals surface area contributed by atoms with Gasteiger partial charge in [-0.05, 0) is 38.0 Å². The van der Waals surface area contributed by atoms with Crippen LogP contribution < -0.4 is 4.74 Å². The number of rotatable bonds is 6. The Morgan fingerprint density at radius 1 is 1.12 bits per heavy atom. The molecule has 2 heterocycles. The SMILES string of the molecule is COCCn1c(C)c(C)c2ccnc(OCc3cccc(C)c3)c21.Cl. The van der Waals surface area contributed by atoms with Crippen molar-refractivity contribution in [3.8, 4) is 5.88 Å². The van der Waals surface area contributed by atoms with E-state index in [9.17, 15) is 0 Å². The van der Waals surface area contributed by atoms with Crippen molar-refractivity contribution in [2.75, 3.05) is 13.7 Å². The Kier molecular flexibility index (Phi) is 6.45. The van der Waals surface area contributed by atoms with Crippen LogP contribution >= 0.6 is 12.4 Å². The van der Waals surface area contributed by atoms with Gasteiger partial charge < -0.3 is 14.0 Å². The minimum absolute atomic E-state index is 0. The van der Waals surface area contributed by atoms with Crippen LogP contribution in [0, 0.1) is 20.8 Å². The molecule has 4 nitrogen and oxygen atoms in total. The summed E-state index contributed by atoms with van der Waals surface area (Å²) >= 11 is 0. The molecule has 134 valence electrons. The molecule has 5 heteroatoms. The molecule has 2 aromatic heterocycles. The highest BCUT2D eigenvalue weighted by Gasteiger charge is 2.16. The van der Waals surface area contributed by atoms with Gasteiger partial charge in [0, 0.05) is 30.9 Å². The van der Waals surface area contributed by atoms with Gasteiger partial charge in [-0.1, -0.05) is 29.8 Å². The van der Waals surface area contributed by atoms with Gasteiger partial charge in [0.2, 0.25) is 5.88 Å². The molecule has 0 spiro atoms. The van der Waals surface area contributed by atoms with Gasteiger partial charge in [0.25, 0.3) is 0 Å². The lowest BCUT2D eigenvalue weighted by Crippen LogP contribution is -2.07. The van der Waals surface area contributed by atoms with Crippen LogP contribution in [0.1, 0.15) is 22.4 Å². The Morgan fingerprint density at radius 3 is 2.64 bits per heavy atom. The molecule has 0 unspecified atom stereocenters. The maximum atomic E-state index is 6.08. The summed E-state index contributed by atoms with van der Waals surface area (Å²) in [6.07, 6.45) is 1.82. The van der Waals surface area contributed by atoms with Crippen molar-refractivity contribution in [3.05, 3.63) is 58.9 Å². The molecule has 3 aromatic rings. The normalized spacial score (nSPS) is 10.7. The van der Waals surface area contributed by atoms with Crippen molar-refractivity contribution < 1.29 is 9.47 Å². The van der Waals surface area contributed by atoms with E-state index in [0.29, 0.717) is 19.1 Å². The van der Waals surface area contributed by atoms with Crippen molar-refractivity contribution in [1.82, 2.24) is 9.55 Å². The first kappa shape index (κ1) is 19.3. The smallest absolute Gasteiger partial charge is 0.238 e. The Bertz CT molecular complexity index is 858. The van der Waals surface area contributed by atoms with Gasteiger partial charge in [0.05, 0.1) is 6.61 Å². The fraction of sp³-hybridized carbons (Fsp3) is 0.350. The number of ether oxygens (including phenoxy) is 2. The van der Waals surface area contributed by atoms with E-state index >= 15 is 0 Å². The average Bonchev–Trinajstić information content (AvgIpc) is 2.83. The number of halogens is 1. The third kappa shape index (κ3) is 3.97. The summed E-state index contributed by atoms with van der Waals surface area (Å²) in [5, 5.41) is 1.19. The van der Waals surface area contributed by atoms with Crippen LogP contribution in [0.25, 0.3) is 10.9 Å². The van der Waals surface area contributed by atoms with Crippen LogP contribution in [-0.2, 0) is 17.9 Å². The average molecular weight is 361 g/mol. The number of methoxy groups -OCH3 is 1. The molecule has 0 bridgehead atoms. The largest absolute Gasteiger partial charge is 0.471 e. The second-order valence-electron chi connectivity index (χ2n) is 6.14. The predicted molar refractivity (Wildman–Crippen MR) is 104 cm³/mol. The standard InChI is InChI=1S/C20H24N2O2.ClH/c1-14-6-5-7-17(12-14)13-24-20-19-18(8-9-21-20)15(2)16(3)22(19)10-11-23-4;/h5-9,12H,10-11,13H2,1-4H3;1H. The molecule has 1 aromatic carbocycles. The zero-order valence-electron chi connectivity index (χ0n) is 15.2. The maximum absolute atomic E-state index is 6.08. The summed E-state index contributed by atoms with van der Waals surface area (Å²) < 4.78 is 13.6. The molecule has 0 saturated heterocycles. The molecular weight excluding hydrogens is 336 g/mol. The first-order chi connectivity index (χ1) is 11.6. The number of hydrogen-bond acceptors (Lipinski definition) is 3. The molecule has 0 aliphatic rings. The molecule has 0 saturated carbocycles. The lowest BCUT2D eigenvalue weighted by Gasteiger charge is -2.12. The number of pyridine rings is 1. The minimum Gasteiger partial charge on any atom is -0.471 e. The predicted octanol–water partition coefficient (Wildman–Crippen LogP) is 4.61. The third-order valence-electron chi connectivity index (χ3n) is 4.49. The monoisotopic (exact) mass is 360 g/mol. The van der Waals surface area contributed by atoms with Gasteiger partial charge in [-0.25, -0.2) is 4.98 Å². The molecule has 0 N–H and O–H groups in total. The highest BCUT2D eigenvalue weighted by molar-refractivity contribution is 5.88. The van der Waals surface area contributed by atoms with E-state index in [1.807, 2.05) is 6.20 Å². The molecule has 0 fully saturated rings. The Balaban J connectivity index is 0.00000225. The molecule has 25 heavy (non-hydrogen) atoms. The van der Waals surface area contributed by atoms with Crippen molar-refractivity contribution in [1.29, 1.82) is 0 Å². The summed E-state index contributed by atoms with van der Waals surface area (Å²) in [6, 6.07) is 10.4. The fourth-order valence-electron chi connectivity index (χ4n) is 3.08. The van der Waals surface area contributed by atoms with Gasteiger partial charge in [0.1, 0.15) is 12.1 Å². The van der Waals surface area contributed by atoms with E-state index in [4.69, 9.17) is 9.47 Å². The third-order valence-corrected chi connectivity index (χ3v) is 4.49. The number of hydrogen-bond donors (Lipinski definition) is 0. The van der Waals surface area contributed by atoms with Crippen LogP contribution in [-0.4, -0.2) is 23.3 Å². The van der Waals surface area contributed by atoms with E-state index in [2.05, 4.69) is 60.7 Å². The summed E-state index contributed by atoms with van der Waals surface area (Å²) in [7, 11) is 1.72. The molecule has 0 aliphatic heterocycles. The van der Waals surface area contributed by atoms with Crippen molar-refractivity contribution in [2.24, 2.45) is 0 Å².